The fourth-order valence-electron chi connectivity index (χ4n) is 10.8. The van der Waals surface area contributed by atoms with Crippen LogP contribution in [0.15, 0.2) is 11.6 Å². The highest BCUT2D eigenvalue weighted by molar-refractivity contribution is 5.77. The molecule has 5 rings (SSSR count). The summed E-state index contributed by atoms with van der Waals surface area (Å²) in [6.45, 7) is 13.7. The summed E-state index contributed by atoms with van der Waals surface area (Å²) < 4.78 is 0. The van der Waals surface area contributed by atoms with Gasteiger partial charge >= 0.3 is 5.97 Å². The van der Waals surface area contributed by atoms with Crippen LogP contribution in [-0.4, -0.2) is 45.2 Å². The Hall–Kier alpha value is -0.910. The van der Waals surface area contributed by atoms with E-state index in [2.05, 4.69) is 47.6 Å². The van der Waals surface area contributed by atoms with E-state index in [0.717, 1.165) is 38.5 Å². The fourth-order valence-corrected chi connectivity index (χ4v) is 10.8. The van der Waals surface area contributed by atoms with Crippen molar-refractivity contribution in [1.82, 2.24) is 0 Å². The summed E-state index contributed by atoms with van der Waals surface area (Å²) in [7, 11) is 0. The number of carboxylic acid groups (broad SMARTS) is 1. The van der Waals surface area contributed by atoms with Gasteiger partial charge in [-0.05, 0) is 97.2 Å². The van der Waals surface area contributed by atoms with Gasteiger partial charge in [-0.25, -0.2) is 0 Å². The van der Waals surface area contributed by atoms with Crippen LogP contribution >= 0.6 is 0 Å². The van der Waals surface area contributed by atoms with Crippen LogP contribution in [0.3, 0.4) is 0 Å². The molecule has 0 aromatic heterocycles. The molecule has 0 aliphatic heterocycles. The van der Waals surface area contributed by atoms with Gasteiger partial charge in [-0.2, -0.15) is 0 Å². The first-order valence-corrected chi connectivity index (χ1v) is 14.0. The normalized spacial score (nSPS) is 55.0. The number of carboxylic acids is 1. The minimum Gasteiger partial charge on any atom is -0.481 e. The zero-order valence-electron chi connectivity index (χ0n) is 22.7. The zero-order chi connectivity index (χ0) is 25.8. The predicted octanol–water partition coefficient (Wildman–Crippen LogP) is 5.18. The lowest BCUT2D eigenvalue weighted by Gasteiger charge is -2.71. The van der Waals surface area contributed by atoms with E-state index >= 15 is 0 Å². The van der Waals surface area contributed by atoms with E-state index in [1.807, 2.05) is 0 Å². The monoisotopic (exact) mass is 488 g/mol. The summed E-state index contributed by atoms with van der Waals surface area (Å²) in [6, 6.07) is 0. The zero-order valence-corrected chi connectivity index (χ0v) is 22.7. The lowest BCUT2D eigenvalue weighted by atomic mass is 9.33. The Morgan fingerprint density at radius 3 is 2.23 bits per heavy atom. The molecule has 0 radical (unpaired) electrons. The lowest BCUT2D eigenvalue weighted by Crippen LogP contribution is -2.68. The van der Waals surface area contributed by atoms with Gasteiger partial charge in [-0.3, -0.25) is 4.79 Å². The number of aliphatic carboxylic acids is 1. The molecule has 0 unspecified atom stereocenters. The van der Waals surface area contributed by atoms with E-state index in [9.17, 15) is 25.2 Å². The Labute approximate surface area is 211 Å². The van der Waals surface area contributed by atoms with E-state index < -0.39 is 29.0 Å². The van der Waals surface area contributed by atoms with E-state index in [-0.39, 0.29) is 40.1 Å². The average molecular weight is 489 g/mol. The molecule has 0 heterocycles. The molecule has 0 aromatic rings. The fraction of sp³-hybridized carbons (Fsp3) is 0.900. The van der Waals surface area contributed by atoms with Gasteiger partial charge in [-0.15, -0.1) is 0 Å². The van der Waals surface area contributed by atoms with Crippen molar-refractivity contribution in [1.29, 1.82) is 0 Å². The first-order valence-electron chi connectivity index (χ1n) is 14.0. The summed E-state index contributed by atoms with van der Waals surface area (Å²) >= 11 is 0. The number of hydrogen-bond donors (Lipinski definition) is 4. The average Bonchev–Trinajstić information content (AvgIpc) is 2.76. The number of aliphatic hydroxyl groups excluding tert-OH is 3. The van der Waals surface area contributed by atoms with Crippen molar-refractivity contribution in [2.45, 2.75) is 112 Å². The van der Waals surface area contributed by atoms with Crippen molar-refractivity contribution in [2.75, 3.05) is 6.61 Å². The smallest absolute Gasteiger partial charge is 0.312 e. The highest BCUT2D eigenvalue weighted by Gasteiger charge is 2.71. The van der Waals surface area contributed by atoms with E-state index in [1.165, 1.54) is 5.57 Å². The molecular weight excluding hydrogens is 440 g/mol. The van der Waals surface area contributed by atoms with Crippen LogP contribution in [0.1, 0.15) is 99.3 Å². The van der Waals surface area contributed by atoms with Gasteiger partial charge in [0.2, 0.25) is 0 Å². The Morgan fingerprint density at radius 2 is 1.60 bits per heavy atom. The van der Waals surface area contributed by atoms with Crippen LogP contribution < -0.4 is 0 Å². The predicted molar refractivity (Wildman–Crippen MR) is 135 cm³/mol. The maximum atomic E-state index is 12.8. The summed E-state index contributed by atoms with van der Waals surface area (Å²) in [5.74, 6) is -0.323. The molecule has 0 spiro atoms. The van der Waals surface area contributed by atoms with Gasteiger partial charge in [0, 0.05) is 5.41 Å². The lowest BCUT2D eigenvalue weighted by molar-refractivity contribution is -0.226. The van der Waals surface area contributed by atoms with Crippen LogP contribution in [-0.2, 0) is 4.79 Å². The van der Waals surface area contributed by atoms with Crippen LogP contribution in [0.2, 0.25) is 0 Å². The molecule has 4 saturated carbocycles. The van der Waals surface area contributed by atoms with E-state index in [0.29, 0.717) is 25.2 Å². The third-order valence-corrected chi connectivity index (χ3v) is 13.2. The molecule has 5 heteroatoms. The van der Waals surface area contributed by atoms with Crippen LogP contribution in [0.5, 0.6) is 0 Å². The topological polar surface area (TPSA) is 98.0 Å². The van der Waals surface area contributed by atoms with Crippen molar-refractivity contribution < 1.29 is 25.2 Å². The summed E-state index contributed by atoms with van der Waals surface area (Å²) in [5, 5.41) is 43.5. The van der Waals surface area contributed by atoms with Gasteiger partial charge in [0.1, 0.15) is 5.41 Å². The second-order valence-electron chi connectivity index (χ2n) is 15.0. The number of hydrogen-bond acceptors (Lipinski definition) is 4. The van der Waals surface area contributed by atoms with E-state index in [1.54, 1.807) is 0 Å². The first-order chi connectivity index (χ1) is 16.1. The maximum Gasteiger partial charge on any atom is 0.312 e. The van der Waals surface area contributed by atoms with Crippen LogP contribution in [0, 0.1) is 50.2 Å². The van der Waals surface area contributed by atoms with Crippen molar-refractivity contribution in [3.8, 4) is 0 Å². The van der Waals surface area contributed by atoms with Gasteiger partial charge in [0.05, 0.1) is 18.8 Å². The Bertz CT molecular complexity index is 941. The molecule has 10 atom stereocenters. The van der Waals surface area contributed by atoms with Gasteiger partial charge in [0.15, 0.2) is 0 Å². The third kappa shape index (κ3) is 3.01. The molecule has 5 aliphatic rings. The third-order valence-electron chi connectivity index (χ3n) is 13.2. The van der Waals surface area contributed by atoms with Crippen molar-refractivity contribution >= 4 is 5.97 Å². The second-order valence-corrected chi connectivity index (χ2v) is 15.0. The highest BCUT2D eigenvalue weighted by Crippen LogP contribution is 2.75. The van der Waals surface area contributed by atoms with Gasteiger partial charge in [-0.1, -0.05) is 53.2 Å². The minimum atomic E-state index is -1.07. The van der Waals surface area contributed by atoms with Gasteiger partial charge in [0.25, 0.3) is 0 Å². The molecule has 0 amide bonds. The largest absolute Gasteiger partial charge is 0.481 e. The molecule has 0 aromatic carbocycles. The summed E-state index contributed by atoms with van der Waals surface area (Å²) in [5.41, 5.74) is -0.522. The number of allylic oxidation sites excluding steroid dienone is 2. The second kappa shape index (κ2) is 7.57. The Morgan fingerprint density at radius 1 is 0.914 bits per heavy atom. The first kappa shape index (κ1) is 25.7. The van der Waals surface area contributed by atoms with Gasteiger partial charge < -0.3 is 20.4 Å². The molecule has 4 N–H and O–H groups in total. The standard InChI is InChI=1S/C30H48O5/c1-25(2)13-14-30(24(34)35)19(15-25)18-7-8-21-26(3)11-10-22(32)27(4,17-31)20(26)9-12-28(21,5)29(18,6)16-23(30)33/h7,19-23,31-33H,8-17H2,1-6H3,(H,34,35)/t19-,20-,21-,22-,23+,26-,27-,28+,29+,30+/m0/s1. The number of aliphatic hydroxyl groups is 3. The Kier molecular flexibility index (Phi) is 5.56. The molecule has 5 nitrogen and oxygen atoms in total. The van der Waals surface area contributed by atoms with Crippen molar-refractivity contribution in [2.24, 2.45) is 50.2 Å². The number of fused-ring (bicyclic) bond motifs is 7. The molecule has 5 aliphatic carbocycles. The Balaban J connectivity index is 1.63. The highest BCUT2D eigenvalue weighted by atomic mass is 16.4. The molecule has 35 heavy (non-hydrogen) atoms. The SMILES string of the molecule is CC1(C)CC[C@]2(C(=O)O)[C@H](O)C[C@]3(C)C(=CC[C@H]4[C@@]5(C)CC[C@H](O)[C@@](C)(CO)[C@H]5CC[C@]43C)[C@@H]2C1. The summed E-state index contributed by atoms with van der Waals surface area (Å²) in [6.07, 6.45) is 8.30. The molecule has 0 bridgehead atoms. The molecule has 0 saturated heterocycles. The van der Waals surface area contributed by atoms with Crippen molar-refractivity contribution in [3.05, 3.63) is 11.6 Å². The quantitative estimate of drug-likeness (QED) is 0.402. The molecule has 198 valence electrons. The maximum absolute atomic E-state index is 12.8. The van der Waals surface area contributed by atoms with Crippen molar-refractivity contribution in [3.63, 3.8) is 0 Å². The number of rotatable bonds is 2. The number of carbonyl (C=O) groups is 1. The molecule has 4 fully saturated rings. The van der Waals surface area contributed by atoms with Crippen LogP contribution in [0.4, 0.5) is 0 Å². The minimum absolute atomic E-state index is 0.00707. The van der Waals surface area contributed by atoms with Crippen LogP contribution in [0.25, 0.3) is 0 Å². The molecular formula is C30H48O5. The summed E-state index contributed by atoms with van der Waals surface area (Å²) in [4.78, 5) is 12.8. The van der Waals surface area contributed by atoms with E-state index in [4.69, 9.17) is 0 Å².